The minimum atomic E-state index is -3.60. The molecule has 0 aliphatic carbocycles. The van der Waals surface area contributed by atoms with Gasteiger partial charge in [0.15, 0.2) is 15.6 Å². The molecule has 1 aromatic heterocycles. The van der Waals surface area contributed by atoms with Crippen molar-refractivity contribution >= 4 is 27.6 Å². The summed E-state index contributed by atoms with van der Waals surface area (Å²) in [7, 11) is -3.60. The van der Waals surface area contributed by atoms with Gasteiger partial charge in [-0.3, -0.25) is 14.9 Å². The first-order chi connectivity index (χ1) is 13.8. The van der Waals surface area contributed by atoms with Crippen molar-refractivity contribution in [1.82, 2.24) is 5.43 Å². The van der Waals surface area contributed by atoms with E-state index in [-0.39, 0.29) is 27.9 Å². The number of nitro benzene ring substituents is 1. The number of hydrogen-bond acceptors (Lipinski definition) is 7. The van der Waals surface area contributed by atoms with Gasteiger partial charge >= 0.3 is 5.91 Å². The van der Waals surface area contributed by atoms with Gasteiger partial charge in [0.25, 0.3) is 5.69 Å². The largest absolute Gasteiger partial charge is 0.455 e. The van der Waals surface area contributed by atoms with E-state index in [1.54, 1.807) is 24.3 Å². The fraction of sp³-hybridized carbons (Fsp3) is 0.0526. The van der Waals surface area contributed by atoms with Gasteiger partial charge in [0, 0.05) is 17.7 Å². The summed E-state index contributed by atoms with van der Waals surface area (Å²) in [6, 6.07) is 16.4. The van der Waals surface area contributed by atoms with E-state index >= 15 is 0 Å². The van der Waals surface area contributed by atoms with Gasteiger partial charge in [-0.1, -0.05) is 30.3 Å². The number of hydrogen-bond donors (Lipinski definition) is 1. The van der Waals surface area contributed by atoms with Crippen molar-refractivity contribution in [3.63, 3.8) is 0 Å². The topological polar surface area (TPSA) is 132 Å². The second kappa shape index (κ2) is 8.48. The fourth-order valence-corrected chi connectivity index (χ4v) is 3.68. The molecule has 0 spiro atoms. The van der Waals surface area contributed by atoms with E-state index in [4.69, 9.17) is 4.42 Å². The first-order valence-electron chi connectivity index (χ1n) is 8.29. The number of non-ortho nitro benzene ring substituents is 1. The van der Waals surface area contributed by atoms with Crippen LogP contribution in [0.5, 0.6) is 0 Å². The van der Waals surface area contributed by atoms with E-state index in [2.05, 4.69) is 10.5 Å². The highest BCUT2D eigenvalue weighted by molar-refractivity contribution is 7.90. The van der Waals surface area contributed by atoms with E-state index in [1.165, 1.54) is 48.7 Å². The van der Waals surface area contributed by atoms with Crippen LogP contribution in [0.15, 0.2) is 81.1 Å². The molecule has 0 bridgehead atoms. The molecule has 29 heavy (non-hydrogen) atoms. The zero-order valence-electron chi connectivity index (χ0n) is 14.9. The van der Waals surface area contributed by atoms with Crippen molar-refractivity contribution in [2.24, 2.45) is 5.10 Å². The Kier molecular flexibility index (Phi) is 5.84. The fourth-order valence-electron chi connectivity index (χ4n) is 2.42. The van der Waals surface area contributed by atoms with E-state index in [0.29, 0.717) is 5.56 Å². The summed E-state index contributed by atoms with van der Waals surface area (Å²) in [5.74, 6) is -1.07. The number of amides is 1. The predicted molar refractivity (Wildman–Crippen MR) is 104 cm³/mol. The van der Waals surface area contributed by atoms with E-state index in [9.17, 15) is 23.3 Å². The maximum absolute atomic E-state index is 12.4. The molecular formula is C19H15N3O6S. The molecule has 148 valence electrons. The lowest BCUT2D eigenvalue weighted by Crippen LogP contribution is -2.16. The van der Waals surface area contributed by atoms with E-state index in [1.807, 2.05) is 0 Å². The highest BCUT2D eigenvalue weighted by Crippen LogP contribution is 2.18. The first kappa shape index (κ1) is 20.0. The van der Waals surface area contributed by atoms with Crippen LogP contribution >= 0.6 is 0 Å². The number of rotatable bonds is 7. The van der Waals surface area contributed by atoms with Crippen molar-refractivity contribution in [2.45, 2.75) is 10.6 Å². The molecule has 0 aliphatic heterocycles. The van der Waals surface area contributed by atoms with Crippen LogP contribution in [-0.2, 0) is 15.6 Å². The lowest BCUT2D eigenvalue weighted by molar-refractivity contribution is -0.384. The number of sulfone groups is 1. The van der Waals surface area contributed by atoms with Crippen LogP contribution in [0.2, 0.25) is 0 Å². The number of hydrazone groups is 1. The lowest BCUT2D eigenvalue weighted by atomic mass is 10.2. The number of carbonyl (C=O) groups excluding carboxylic acids is 1. The van der Waals surface area contributed by atoms with Crippen molar-refractivity contribution < 1.29 is 22.6 Å². The molecule has 3 rings (SSSR count). The Bertz CT molecular complexity index is 1170. The van der Waals surface area contributed by atoms with E-state index < -0.39 is 20.7 Å². The quantitative estimate of drug-likeness (QED) is 0.360. The van der Waals surface area contributed by atoms with Crippen molar-refractivity contribution in [3.8, 4) is 0 Å². The number of carbonyl (C=O) groups is 1. The zero-order valence-corrected chi connectivity index (χ0v) is 15.7. The summed E-state index contributed by atoms with van der Waals surface area (Å²) in [6.45, 7) is 0. The summed E-state index contributed by atoms with van der Waals surface area (Å²) in [5.41, 5.74) is 2.54. The molecule has 0 saturated carbocycles. The van der Waals surface area contributed by atoms with Crippen LogP contribution in [-0.4, -0.2) is 25.5 Å². The second-order valence-corrected chi connectivity index (χ2v) is 7.88. The molecule has 0 radical (unpaired) electrons. The molecule has 0 fully saturated rings. The van der Waals surface area contributed by atoms with Crippen LogP contribution in [0, 0.1) is 10.1 Å². The maximum atomic E-state index is 12.4. The molecule has 1 heterocycles. The molecular weight excluding hydrogens is 398 g/mol. The molecule has 0 unspecified atom stereocenters. The third kappa shape index (κ3) is 5.14. The average Bonchev–Trinajstić information content (AvgIpc) is 3.17. The molecule has 0 saturated heterocycles. The number of nitrogens with one attached hydrogen (secondary N) is 1. The van der Waals surface area contributed by atoms with Crippen LogP contribution < -0.4 is 5.43 Å². The molecule has 3 aromatic rings. The number of benzene rings is 2. The Morgan fingerprint density at radius 1 is 1.10 bits per heavy atom. The van der Waals surface area contributed by atoms with Crippen LogP contribution in [0.1, 0.15) is 21.9 Å². The first-order valence-corrected chi connectivity index (χ1v) is 9.95. The zero-order chi connectivity index (χ0) is 20.9. The second-order valence-electron chi connectivity index (χ2n) is 5.89. The van der Waals surface area contributed by atoms with Gasteiger partial charge in [0.05, 0.1) is 16.0 Å². The van der Waals surface area contributed by atoms with Gasteiger partial charge in [-0.15, -0.1) is 0 Å². The minimum Gasteiger partial charge on any atom is -0.455 e. The molecule has 2 aromatic carbocycles. The molecule has 0 aliphatic rings. The Hall–Kier alpha value is -3.79. The van der Waals surface area contributed by atoms with Crippen molar-refractivity contribution in [2.75, 3.05) is 0 Å². The van der Waals surface area contributed by atoms with Crippen molar-refractivity contribution in [3.05, 3.63) is 93.9 Å². The van der Waals surface area contributed by atoms with Gasteiger partial charge < -0.3 is 4.42 Å². The number of nitrogens with zero attached hydrogens (tertiary/aromatic N) is 2. The Labute approximate surface area is 165 Å². The highest BCUT2D eigenvalue weighted by Gasteiger charge is 2.19. The third-order valence-corrected chi connectivity index (χ3v) is 5.44. The summed E-state index contributed by atoms with van der Waals surface area (Å²) in [4.78, 5) is 22.4. The van der Waals surface area contributed by atoms with Gasteiger partial charge in [-0.05, 0) is 24.3 Å². The molecule has 1 amide bonds. The summed E-state index contributed by atoms with van der Waals surface area (Å²) >= 11 is 0. The van der Waals surface area contributed by atoms with Crippen LogP contribution in [0.25, 0.3) is 0 Å². The summed E-state index contributed by atoms with van der Waals surface area (Å²) in [5, 5.41) is 14.5. The van der Waals surface area contributed by atoms with Gasteiger partial charge in [-0.2, -0.15) is 5.10 Å². The Balaban J connectivity index is 1.64. The van der Waals surface area contributed by atoms with Gasteiger partial charge in [0.2, 0.25) is 0 Å². The Morgan fingerprint density at radius 2 is 1.86 bits per heavy atom. The summed E-state index contributed by atoms with van der Waals surface area (Å²) < 4.78 is 30.0. The van der Waals surface area contributed by atoms with Crippen LogP contribution in [0.3, 0.4) is 0 Å². The predicted octanol–water partition coefficient (Wildman–Crippen LogP) is 2.93. The molecule has 10 heteroatoms. The van der Waals surface area contributed by atoms with Gasteiger partial charge in [-0.25, -0.2) is 13.8 Å². The number of nitro groups is 1. The molecule has 9 nitrogen and oxygen atoms in total. The smallest absolute Gasteiger partial charge is 0.307 e. The highest BCUT2D eigenvalue weighted by atomic mass is 32.2. The van der Waals surface area contributed by atoms with Gasteiger partial charge in [0.1, 0.15) is 11.5 Å². The number of furan rings is 1. The molecule has 1 N–H and O–H groups in total. The van der Waals surface area contributed by atoms with Crippen molar-refractivity contribution in [1.29, 1.82) is 0 Å². The summed E-state index contributed by atoms with van der Waals surface area (Å²) in [6.07, 6.45) is 1.24. The third-order valence-electron chi connectivity index (χ3n) is 3.78. The normalized spacial score (nSPS) is 11.4. The lowest BCUT2D eigenvalue weighted by Gasteiger charge is -2.02. The standard InChI is InChI=1S/C19H15N3O6S/c23-19(21-20-12-14-5-4-6-15(11-14)22(24)25)18-10-9-16(28-18)13-29(26,27)17-7-2-1-3-8-17/h1-12H,13H2,(H,21,23)/b20-12-. The Morgan fingerprint density at radius 3 is 2.59 bits per heavy atom. The monoisotopic (exact) mass is 413 g/mol. The minimum absolute atomic E-state index is 0.101. The average molecular weight is 413 g/mol. The SMILES string of the molecule is O=C(N/N=C\c1cccc([N+](=O)[O-])c1)c1ccc(CS(=O)(=O)c2ccccc2)o1. The van der Waals surface area contributed by atoms with Crippen LogP contribution in [0.4, 0.5) is 5.69 Å². The van der Waals surface area contributed by atoms with E-state index in [0.717, 1.165) is 0 Å². The molecule has 0 atom stereocenters. The maximum Gasteiger partial charge on any atom is 0.307 e.